The minimum Gasteiger partial charge on any atom is -0.469 e. The topological polar surface area (TPSA) is 90.5 Å². The van der Waals surface area contributed by atoms with Crippen molar-refractivity contribution in [2.75, 3.05) is 7.11 Å². The Morgan fingerprint density at radius 3 is 2.41 bits per heavy atom. The zero-order valence-electron chi connectivity index (χ0n) is 17.7. The van der Waals surface area contributed by atoms with E-state index in [-0.39, 0.29) is 12.1 Å². The number of carbonyl (C=O) groups is 2. The lowest BCUT2D eigenvalue weighted by Crippen LogP contribution is -2.21. The van der Waals surface area contributed by atoms with Crippen molar-refractivity contribution in [3.8, 4) is 16.9 Å². The largest absolute Gasteiger partial charge is 0.469 e. The summed E-state index contributed by atoms with van der Waals surface area (Å²) < 4.78 is 20.9. The second-order valence-corrected chi connectivity index (χ2v) is 7.18. The summed E-state index contributed by atoms with van der Waals surface area (Å²) in [6.07, 6.45) is 1.06. The van der Waals surface area contributed by atoms with Crippen LogP contribution in [0.3, 0.4) is 0 Å². The molecule has 32 heavy (non-hydrogen) atoms. The number of rotatable bonds is 8. The van der Waals surface area contributed by atoms with E-state index in [1.54, 1.807) is 43.4 Å². The number of benzene rings is 2. The number of carbonyl (C=O) groups excluding carboxylic acids is 2. The van der Waals surface area contributed by atoms with Crippen LogP contribution in [0.5, 0.6) is 0 Å². The molecule has 0 aliphatic heterocycles. The van der Waals surface area contributed by atoms with Crippen LogP contribution in [0.2, 0.25) is 0 Å². The molecule has 166 valence electrons. The molecule has 1 unspecified atom stereocenters. The molecule has 0 spiro atoms. The first-order chi connectivity index (χ1) is 15.3. The van der Waals surface area contributed by atoms with E-state index < -0.39 is 30.1 Å². The van der Waals surface area contributed by atoms with Gasteiger partial charge in [0.2, 0.25) is 0 Å². The fourth-order valence-corrected chi connectivity index (χ4v) is 3.32. The molecule has 3 aromatic rings. The molecular formula is C24H23FN2O5. The van der Waals surface area contributed by atoms with Crippen LogP contribution >= 0.6 is 0 Å². The van der Waals surface area contributed by atoms with Crippen LogP contribution < -0.4 is 5.69 Å². The van der Waals surface area contributed by atoms with Crippen LogP contribution in [-0.4, -0.2) is 39.2 Å². The normalized spacial score (nSPS) is 12.1. The van der Waals surface area contributed by atoms with E-state index in [4.69, 9.17) is 0 Å². The standard InChI is InChI=1S/C24H23FN2O5/c1-26-21(13-12-19(28)14-20(29)15-22(30)32-2)23(16-8-10-17(25)11-9-16)27(24(26)31)18-6-4-3-5-7-18/h3-13,19,28H,14-15H2,1-2H3/b13-12+. The molecule has 0 aliphatic carbocycles. The Hall–Kier alpha value is -3.78. The van der Waals surface area contributed by atoms with Gasteiger partial charge in [-0.1, -0.05) is 24.3 Å². The number of methoxy groups -OCH3 is 1. The molecule has 1 atom stereocenters. The number of nitrogens with zero attached hydrogens (tertiary/aromatic N) is 2. The van der Waals surface area contributed by atoms with Crippen molar-refractivity contribution in [2.45, 2.75) is 18.9 Å². The molecule has 1 aromatic heterocycles. The Bertz CT molecular complexity index is 1190. The van der Waals surface area contributed by atoms with Crippen molar-refractivity contribution in [2.24, 2.45) is 7.05 Å². The van der Waals surface area contributed by atoms with E-state index in [0.717, 1.165) is 0 Å². The molecule has 0 fully saturated rings. The van der Waals surface area contributed by atoms with Gasteiger partial charge in [-0.2, -0.15) is 0 Å². The Balaban J connectivity index is 2.03. The van der Waals surface area contributed by atoms with E-state index >= 15 is 0 Å². The highest BCUT2D eigenvalue weighted by molar-refractivity contribution is 5.95. The Labute approximate surface area is 184 Å². The van der Waals surface area contributed by atoms with E-state index in [9.17, 15) is 23.9 Å². The van der Waals surface area contributed by atoms with Crippen LogP contribution in [0.25, 0.3) is 23.0 Å². The maximum absolute atomic E-state index is 13.5. The number of hydrogen-bond acceptors (Lipinski definition) is 5. The lowest BCUT2D eigenvalue weighted by molar-refractivity contribution is -0.143. The highest BCUT2D eigenvalue weighted by atomic mass is 19.1. The van der Waals surface area contributed by atoms with Gasteiger partial charge < -0.3 is 9.84 Å². The van der Waals surface area contributed by atoms with Gasteiger partial charge >= 0.3 is 11.7 Å². The van der Waals surface area contributed by atoms with Crippen molar-refractivity contribution in [1.29, 1.82) is 0 Å². The Morgan fingerprint density at radius 1 is 1.12 bits per heavy atom. The molecule has 3 rings (SSSR count). The first-order valence-corrected chi connectivity index (χ1v) is 9.89. The van der Waals surface area contributed by atoms with Crippen molar-refractivity contribution in [3.63, 3.8) is 0 Å². The first-order valence-electron chi connectivity index (χ1n) is 9.89. The van der Waals surface area contributed by atoms with E-state index in [0.29, 0.717) is 22.6 Å². The van der Waals surface area contributed by atoms with Gasteiger partial charge in [-0.3, -0.25) is 18.7 Å². The van der Waals surface area contributed by atoms with Crippen LogP contribution in [0.15, 0.2) is 65.5 Å². The molecule has 7 nitrogen and oxygen atoms in total. The summed E-state index contributed by atoms with van der Waals surface area (Å²) in [5.74, 6) is -1.55. The third-order valence-corrected chi connectivity index (χ3v) is 4.92. The molecule has 0 amide bonds. The number of esters is 1. The molecule has 0 bridgehead atoms. The number of aliphatic hydroxyl groups excluding tert-OH is 1. The quantitative estimate of drug-likeness (QED) is 0.431. The summed E-state index contributed by atoms with van der Waals surface area (Å²) in [6, 6.07) is 14.7. The fraction of sp³-hybridized carbons (Fsp3) is 0.208. The minimum absolute atomic E-state index is 0.273. The number of imidazole rings is 1. The molecule has 0 radical (unpaired) electrons. The fourth-order valence-electron chi connectivity index (χ4n) is 3.32. The van der Waals surface area contributed by atoms with Gasteiger partial charge in [-0.05, 0) is 42.5 Å². The number of aromatic nitrogens is 2. The second-order valence-electron chi connectivity index (χ2n) is 7.18. The lowest BCUT2D eigenvalue weighted by Gasteiger charge is -2.09. The van der Waals surface area contributed by atoms with E-state index in [1.165, 1.54) is 40.5 Å². The number of ketones is 1. The van der Waals surface area contributed by atoms with Crippen LogP contribution in [0.1, 0.15) is 18.5 Å². The predicted octanol–water partition coefficient (Wildman–Crippen LogP) is 2.88. The zero-order chi connectivity index (χ0) is 23.3. The third-order valence-electron chi connectivity index (χ3n) is 4.92. The van der Waals surface area contributed by atoms with Crippen LogP contribution in [0.4, 0.5) is 4.39 Å². The number of para-hydroxylation sites is 1. The van der Waals surface area contributed by atoms with Gasteiger partial charge in [0.15, 0.2) is 0 Å². The van der Waals surface area contributed by atoms with Crippen molar-refractivity contribution >= 4 is 17.8 Å². The average Bonchev–Trinajstić information content (AvgIpc) is 3.03. The van der Waals surface area contributed by atoms with Crippen molar-refractivity contribution < 1.29 is 23.8 Å². The second kappa shape index (κ2) is 10.0. The smallest absolute Gasteiger partial charge is 0.333 e. The number of hydrogen-bond donors (Lipinski definition) is 1. The SMILES string of the molecule is COC(=O)CC(=O)CC(O)/C=C/c1c(-c2ccc(F)cc2)n(-c2ccccc2)c(=O)n1C. The van der Waals surface area contributed by atoms with Gasteiger partial charge in [-0.15, -0.1) is 0 Å². The maximum atomic E-state index is 13.5. The Kier molecular flexibility index (Phi) is 7.17. The minimum atomic E-state index is -1.16. The number of ether oxygens (including phenoxy) is 1. The molecule has 2 aromatic carbocycles. The summed E-state index contributed by atoms with van der Waals surface area (Å²) in [7, 11) is 2.77. The van der Waals surface area contributed by atoms with Crippen LogP contribution in [-0.2, 0) is 21.4 Å². The molecule has 8 heteroatoms. The van der Waals surface area contributed by atoms with Gasteiger partial charge in [0.05, 0.1) is 30.3 Å². The maximum Gasteiger partial charge on any atom is 0.333 e. The molecule has 0 aliphatic rings. The Morgan fingerprint density at radius 2 is 1.78 bits per heavy atom. The summed E-state index contributed by atoms with van der Waals surface area (Å²) in [5, 5.41) is 10.2. The summed E-state index contributed by atoms with van der Waals surface area (Å²) in [4.78, 5) is 36.2. The zero-order valence-corrected chi connectivity index (χ0v) is 17.7. The van der Waals surface area contributed by atoms with E-state index in [1.807, 2.05) is 6.07 Å². The van der Waals surface area contributed by atoms with Crippen LogP contribution in [0, 0.1) is 5.82 Å². The highest BCUT2D eigenvalue weighted by Gasteiger charge is 2.20. The molecule has 0 saturated heterocycles. The molecule has 1 heterocycles. The van der Waals surface area contributed by atoms with Gasteiger partial charge in [0, 0.05) is 19.0 Å². The van der Waals surface area contributed by atoms with Crippen molar-refractivity contribution in [1.82, 2.24) is 9.13 Å². The highest BCUT2D eigenvalue weighted by Crippen LogP contribution is 2.27. The lowest BCUT2D eigenvalue weighted by atomic mass is 10.1. The summed E-state index contributed by atoms with van der Waals surface area (Å²) >= 11 is 0. The van der Waals surface area contributed by atoms with Gasteiger partial charge in [-0.25, -0.2) is 9.18 Å². The number of halogens is 1. The third kappa shape index (κ3) is 5.09. The number of aliphatic hydroxyl groups is 1. The predicted molar refractivity (Wildman–Crippen MR) is 118 cm³/mol. The van der Waals surface area contributed by atoms with Gasteiger partial charge in [0.1, 0.15) is 18.0 Å². The summed E-state index contributed by atoms with van der Waals surface area (Å²) in [5.41, 5.74) is 1.87. The molecule has 1 N–H and O–H groups in total. The molecule has 0 saturated carbocycles. The molecular weight excluding hydrogens is 415 g/mol. The van der Waals surface area contributed by atoms with Crippen molar-refractivity contribution in [3.05, 3.63) is 82.7 Å². The number of Topliss-reactive ketones (excluding diaryl/α,β-unsaturated/α-hetero) is 1. The first kappa shape index (κ1) is 22.9. The van der Waals surface area contributed by atoms with E-state index in [2.05, 4.69) is 4.74 Å². The summed E-state index contributed by atoms with van der Waals surface area (Å²) in [6.45, 7) is 0. The average molecular weight is 438 g/mol. The van der Waals surface area contributed by atoms with Gasteiger partial charge in [0.25, 0.3) is 0 Å². The monoisotopic (exact) mass is 438 g/mol.